The van der Waals surface area contributed by atoms with E-state index in [4.69, 9.17) is 0 Å². The summed E-state index contributed by atoms with van der Waals surface area (Å²) in [5.41, 5.74) is 3.04. The van der Waals surface area contributed by atoms with Crippen molar-refractivity contribution >= 4 is 17.1 Å². The molecule has 0 heterocycles. The van der Waals surface area contributed by atoms with Gasteiger partial charge in [-0.1, -0.05) is 101 Å². The molecule has 0 nitrogen and oxygen atoms in total. The van der Waals surface area contributed by atoms with E-state index in [1.54, 1.807) is 0 Å². The van der Waals surface area contributed by atoms with Gasteiger partial charge in [0, 0.05) is 0 Å². The van der Waals surface area contributed by atoms with Gasteiger partial charge in [0.25, 0.3) is 0 Å². The van der Waals surface area contributed by atoms with Crippen LogP contribution in [0.5, 0.6) is 0 Å². The third kappa shape index (κ3) is 2.79. The van der Waals surface area contributed by atoms with E-state index >= 15 is 0 Å². The van der Waals surface area contributed by atoms with Crippen molar-refractivity contribution in [2.24, 2.45) is 0 Å². The molecule has 2 unspecified atom stereocenters. The van der Waals surface area contributed by atoms with E-state index in [9.17, 15) is 0 Å². The molecule has 0 aliphatic rings. The van der Waals surface area contributed by atoms with Crippen molar-refractivity contribution in [3.63, 3.8) is 0 Å². The molecule has 2 rings (SSSR count). The topological polar surface area (TPSA) is 0 Å². The van der Waals surface area contributed by atoms with Crippen molar-refractivity contribution in [1.29, 1.82) is 0 Å². The predicted octanol–water partition coefficient (Wildman–Crippen LogP) is 4.85. The molecule has 0 aliphatic carbocycles. The minimum absolute atomic E-state index is 0.671. The molecule has 0 aliphatic heterocycles. The summed E-state index contributed by atoms with van der Waals surface area (Å²) in [6.07, 6.45) is 1.70. The Morgan fingerprint density at radius 3 is 1.29 bits per heavy atom. The van der Waals surface area contributed by atoms with E-state index in [0.717, 1.165) is 0 Å². The molecule has 0 saturated heterocycles. The summed E-state index contributed by atoms with van der Waals surface area (Å²) in [5.74, 6) is 1.34. The maximum atomic E-state index is 2.44. The lowest BCUT2D eigenvalue weighted by Gasteiger charge is -2.52. The van der Waals surface area contributed by atoms with Gasteiger partial charge in [-0.2, -0.15) is 11.6 Å². The summed E-state index contributed by atoms with van der Waals surface area (Å²) in [6, 6.07) is 22.4. The molecule has 2 aromatic carbocycles. The van der Waals surface area contributed by atoms with Gasteiger partial charge in [-0.3, -0.25) is 0 Å². The number of benzene rings is 2. The fourth-order valence-electron chi connectivity index (χ4n) is 4.35. The van der Waals surface area contributed by atoms with Gasteiger partial charge in [-0.25, -0.2) is 10.9 Å². The fraction of sp³-hybridized carbons (Fsp3) is 0.400. The van der Waals surface area contributed by atoms with Gasteiger partial charge < -0.3 is 0 Å². The highest BCUT2D eigenvalue weighted by molar-refractivity contribution is 7.04. The lowest BCUT2D eigenvalue weighted by Crippen LogP contribution is -2.63. The first-order valence-electron chi connectivity index (χ1n) is 8.45. The quantitative estimate of drug-likeness (QED) is 0.663. The van der Waals surface area contributed by atoms with Crippen molar-refractivity contribution in [3.8, 4) is 0 Å². The maximum Gasteiger partial charge on any atom is 0.0598 e. The summed E-state index contributed by atoms with van der Waals surface area (Å²) >= 11 is 0. The van der Waals surface area contributed by atoms with Crippen LogP contribution in [-0.2, 0) is 0 Å². The Hall–Kier alpha value is -1.50. The van der Waals surface area contributed by atoms with Crippen LogP contribution in [0.2, 0.25) is 11.6 Å². The monoisotopic (exact) mass is 279 g/mol. The van der Waals surface area contributed by atoms with E-state index in [2.05, 4.69) is 88.4 Å². The average molecular weight is 279 g/mol. The first-order chi connectivity index (χ1) is 10.2. The van der Waals surface area contributed by atoms with Gasteiger partial charge in [0.1, 0.15) is 0 Å². The van der Waals surface area contributed by atoms with Gasteiger partial charge in [0.2, 0.25) is 0 Å². The van der Waals surface area contributed by atoms with E-state index in [0.29, 0.717) is 11.6 Å². The molecule has 2 aromatic rings. The van der Waals surface area contributed by atoms with E-state index in [1.807, 2.05) is 0 Å². The molecule has 112 valence electrons. The lowest BCUT2D eigenvalue weighted by atomic mass is 9.08. The Labute approximate surface area is 130 Å². The largest absolute Gasteiger partial charge is 0.204 e. The summed E-state index contributed by atoms with van der Waals surface area (Å²) < 4.78 is 0. The maximum absolute atomic E-state index is 2.44. The highest BCUT2D eigenvalue weighted by atomic mass is 14.2. The molecule has 0 N–H and O–H groups in total. The zero-order chi connectivity index (χ0) is 15.3. The third-order valence-corrected chi connectivity index (χ3v) is 5.79. The highest BCUT2D eigenvalue weighted by Crippen LogP contribution is 2.36. The molecule has 0 amide bonds. The Morgan fingerprint density at radius 1 is 0.667 bits per heavy atom. The zero-order valence-electron chi connectivity index (χ0n) is 13.9. The Kier molecular flexibility index (Phi) is 5.28. The smallest absolute Gasteiger partial charge is 0.0598 e. The number of hydrogen-bond donors (Lipinski definition) is 0. The van der Waals surface area contributed by atoms with Gasteiger partial charge in [-0.05, 0) is 0 Å². The van der Waals surface area contributed by atoms with E-state index < -0.39 is 6.15 Å². The SMILES string of the molecule is CCC(C)[B-](c1ccccc1)(c1ccccc1)C(C)CC. The number of rotatable bonds is 6. The summed E-state index contributed by atoms with van der Waals surface area (Å²) in [4.78, 5) is 0. The van der Waals surface area contributed by atoms with Crippen LogP contribution in [0, 0.1) is 0 Å². The van der Waals surface area contributed by atoms with E-state index in [1.165, 1.54) is 23.8 Å². The number of hydrogen-bond acceptors (Lipinski definition) is 0. The lowest BCUT2D eigenvalue weighted by molar-refractivity contribution is 0.775. The second-order valence-electron chi connectivity index (χ2n) is 6.60. The summed E-state index contributed by atoms with van der Waals surface area (Å²) in [5, 5.41) is 0. The normalized spacial score (nSPS) is 14.7. The van der Waals surface area contributed by atoms with Gasteiger partial charge in [0.05, 0.1) is 6.15 Å². The standard InChI is InChI=1S/C20H28B/c1-5-17(3)21(18(4)6-2,19-13-9-7-10-14-19)20-15-11-8-12-16-20/h7-18H,5-6H2,1-4H3/q-1. The Bertz CT molecular complexity index is 481. The van der Waals surface area contributed by atoms with Crippen LogP contribution in [0.3, 0.4) is 0 Å². The van der Waals surface area contributed by atoms with Crippen molar-refractivity contribution in [2.75, 3.05) is 0 Å². The van der Waals surface area contributed by atoms with Gasteiger partial charge in [0.15, 0.2) is 0 Å². The third-order valence-electron chi connectivity index (χ3n) is 5.79. The van der Waals surface area contributed by atoms with Crippen LogP contribution < -0.4 is 10.9 Å². The first-order valence-corrected chi connectivity index (χ1v) is 8.45. The summed E-state index contributed by atoms with van der Waals surface area (Å²) in [6.45, 7) is 9.53. The minimum atomic E-state index is -0.733. The van der Waals surface area contributed by atoms with Gasteiger partial charge >= 0.3 is 0 Å². The second kappa shape index (κ2) is 6.98. The van der Waals surface area contributed by atoms with Crippen LogP contribution in [0.15, 0.2) is 60.7 Å². The molecule has 1 heteroatoms. The molecule has 0 fully saturated rings. The molecule has 2 atom stereocenters. The summed E-state index contributed by atoms with van der Waals surface area (Å²) in [7, 11) is 0. The minimum Gasteiger partial charge on any atom is -0.204 e. The molecule has 0 bridgehead atoms. The highest BCUT2D eigenvalue weighted by Gasteiger charge is 2.36. The second-order valence-corrected chi connectivity index (χ2v) is 6.60. The first kappa shape index (κ1) is 15.9. The van der Waals surface area contributed by atoms with Crippen molar-refractivity contribution in [2.45, 2.75) is 52.2 Å². The van der Waals surface area contributed by atoms with Crippen molar-refractivity contribution < 1.29 is 0 Å². The fourth-order valence-corrected chi connectivity index (χ4v) is 4.35. The molecule has 0 aromatic heterocycles. The van der Waals surface area contributed by atoms with Crippen LogP contribution in [-0.4, -0.2) is 6.15 Å². The van der Waals surface area contributed by atoms with Crippen LogP contribution in [0.4, 0.5) is 0 Å². The van der Waals surface area contributed by atoms with Crippen molar-refractivity contribution in [1.82, 2.24) is 0 Å². The Balaban J connectivity index is 2.72. The van der Waals surface area contributed by atoms with Crippen LogP contribution in [0.25, 0.3) is 0 Å². The molecule has 0 radical (unpaired) electrons. The predicted molar refractivity (Wildman–Crippen MR) is 97.3 cm³/mol. The molecule has 0 saturated carbocycles. The van der Waals surface area contributed by atoms with Crippen LogP contribution in [0.1, 0.15) is 40.5 Å². The van der Waals surface area contributed by atoms with Gasteiger partial charge in [-0.15, -0.1) is 0 Å². The molecule has 21 heavy (non-hydrogen) atoms. The van der Waals surface area contributed by atoms with E-state index in [-0.39, 0.29) is 0 Å². The molecule has 0 spiro atoms. The average Bonchev–Trinajstić information content (AvgIpc) is 2.57. The molecular weight excluding hydrogens is 251 g/mol. The Morgan fingerprint density at radius 2 is 1.00 bits per heavy atom. The molecular formula is C20H28B-. The van der Waals surface area contributed by atoms with Crippen molar-refractivity contribution in [3.05, 3.63) is 60.7 Å². The zero-order valence-corrected chi connectivity index (χ0v) is 13.9. The van der Waals surface area contributed by atoms with Crippen LogP contribution >= 0.6 is 0 Å².